The third kappa shape index (κ3) is 2.22. The first-order chi connectivity index (χ1) is 4.83. The molecule has 0 aliphatic heterocycles. The maximum absolute atomic E-state index is 6.73. The summed E-state index contributed by atoms with van der Waals surface area (Å²) in [7, 11) is 1.24. The van der Waals surface area contributed by atoms with Crippen molar-refractivity contribution in [1.82, 2.24) is 0 Å². The normalized spacial score (nSPS) is 36.3. The van der Waals surface area contributed by atoms with Crippen molar-refractivity contribution in [2.45, 2.75) is 32.3 Å². The maximum atomic E-state index is 6.73. The molecule has 1 aliphatic carbocycles. The summed E-state index contributed by atoms with van der Waals surface area (Å²) in [6.07, 6.45) is 4.02. The van der Waals surface area contributed by atoms with Crippen LogP contribution in [0.1, 0.15) is 26.2 Å². The molecule has 3 heteroatoms. The van der Waals surface area contributed by atoms with E-state index in [2.05, 4.69) is 6.92 Å². The summed E-state index contributed by atoms with van der Waals surface area (Å²) in [6.45, 7) is 2.25. The molecule has 9 heavy (non-hydrogen) atoms. The first kappa shape index (κ1) is 6.11. The largest absolute Gasteiger partial charge is 0.325 e. The maximum Gasteiger partial charge on any atom is 0.209 e. The molecule has 0 spiro atoms. The van der Waals surface area contributed by atoms with Crippen molar-refractivity contribution in [1.29, 1.82) is 1.34 Å². The molecular formula is C6H12BOS. The quantitative estimate of drug-likeness (QED) is 0.441. The minimum Gasteiger partial charge on any atom is -0.325 e. The van der Waals surface area contributed by atoms with Crippen molar-refractivity contribution in [2.24, 2.45) is 5.92 Å². The van der Waals surface area contributed by atoms with Crippen molar-refractivity contribution in [3.05, 3.63) is 0 Å². The zero-order valence-electron chi connectivity index (χ0n) is 6.67. The minimum absolute atomic E-state index is 0.404. The van der Waals surface area contributed by atoms with E-state index in [9.17, 15) is 0 Å². The fraction of sp³-hybridized carbons (Fsp3) is 1.00. The van der Waals surface area contributed by atoms with Gasteiger partial charge in [-0.25, -0.2) is 0 Å². The van der Waals surface area contributed by atoms with Gasteiger partial charge in [-0.05, 0) is 26.5 Å². The lowest BCUT2D eigenvalue weighted by Crippen LogP contribution is -2.01. The van der Waals surface area contributed by atoms with Crippen LogP contribution < -0.4 is 0 Å². The van der Waals surface area contributed by atoms with E-state index >= 15 is 0 Å². The summed E-state index contributed by atoms with van der Waals surface area (Å²) in [6, 6.07) is 0. The van der Waals surface area contributed by atoms with Crippen LogP contribution >= 0.6 is 11.9 Å². The molecule has 1 nitrogen and oxygen atoms in total. The predicted octanol–water partition coefficient (Wildman–Crippen LogP) is 1.66. The molecule has 1 aliphatic rings. The number of hydrogen-bond donors (Lipinski definition) is 0. The second kappa shape index (κ2) is 3.52. The highest BCUT2D eigenvalue weighted by molar-refractivity contribution is 8.15. The summed E-state index contributed by atoms with van der Waals surface area (Å²) in [5, 5.41) is 0. The third-order valence-electron chi connectivity index (χ3n) is 1.84. The smallest absolute Gasteiger partial charge is 0.209 e. The van der Waals surface area contributed by atoms with Gasteiger partial charge in [0.15, 0.2) is 0 Å². The Hall–Kier alpha value is 0.375. The average molecular weight is 145 g/mol. The molecule has 1 saturated carbocycles. The molecule has 0 aromatic rings. The van der Waals surface area contributed by atoms with Crippen LogP contribution in [0, 0.1) is 5.92 Å². The van der Waals surface area contributed by atoms with Crippen LogP contribution in [0.2, 0.25) is 0 Å². The van der Waals surface area contributed by atoms with E-state index in [-0.39, 0.29) is 0 Å². The highest BCUT2D eigenvalue weighted by Gasteiger charge is 2.21. The summed E-state index contributed by atoms with van der Waals surface area (Å²) < 4.78 is 12.0. The van der Waals surface area contributed by atoms with Gasteiger partial charge in [0.25, 0.3) is 0 Å². The van der Waals surface area contributed by atoms with E-state index in [1.807, 2.05) is 0 Å². The Bertz CT molecular complexity index is 104. The van der Waals surface area contributed by atoms with Gasteiger partial charge in [-0.1, -0.05) is 18.8 Å². The highest BCUT2D eigenvalue weighted by atomic mass is 32.2. The molecule has 0 amide bonds. The Morgan fingerprint density at radius 1 is 1.78 bits per heavy atom. The predicted molar refractivity (Wildman–Crippen MR) is 42.6 cm³/mol. The summed E-state index contributed by atoms with van der Waals surface area (Å²) in [5.74, 6) is 0.816. The number of rotatable bonds is 3. The van der Waals surface area contributed by atoms with Crippen molar-refractivity contribution in [2.75, 3.05) is 0 Å². The van der Waals surface area contributed by atoms with Gasteiger partial charge in [-0.2, -0.15) is 0 Å². The van der Waals surface area contributed by atoms with Crippen LogP contribution in [-0.4, -0.2) is 14.5 Å². The molecule has 1 radical (unpaired) electrons. The lowest BCUT2D eigenvalue weighted by Gasteiger charge is -2.06. The molecule has 0 N–H and O–H groups in total. The fourth-order valence-electron chi connectivity index (χ4n) is 1.32. The van der Waals surface area contributed by atoms with Gasteiger partial charge in [-0.15, -0.1) is 0 Å². The van der Waals surface area contributed by atoms with Gasteiger partial charge in [0.1, 0.15) is 0 Å². The molecule has 1 fully saturated rings. The van der Waals surface area contributed by atoms with Gasteiger partial charge in [-0.3, -0.25) is 0 Å². The second-order valence-electron chi connectivity index (χ2n) is 2.73. The Morgan fingerprint density at radius 3 is 3.22 bits per heavy atom. The molecule has 51 valence electrons. The Kier molecular flexibility index (Phi) is 2.39. The Balaban J connectivity index is 2.06. The van der Waals surface area contributed by atoms with E-state index in [1.54, 1.807) is 0 Å². The van der Waals surface area contributed by atoms with Gasteiger partial charge >= 0.3 is 0 Å². The van der Waals surface area contributed by atoms with Crippen LogP contribution in [0.4, 0.5) is 0 Å². The van der Waals surface area contributed by atoms with Gasteiger partial charge < -0.3 is 4.18 Å². The molecule has 0 heterocycles. The van der Waals surface area contributed by atoms with Gasteiger partial charge in [0.05, 0.1) is 6.10 Å². The lowest BCUT2D eigenvalue weighted by atomic mass is 10.1. The molecule has 0 aromatic heterocycles. The standard InChI is InChI=1S/C6H12BOS/c1-5-2-3-6(4-5)8-9-7/h5-7H,2-4H2,1H3/t5-,6-/m0/s1/i7T. The molecule has 2 atom stereocenters. The van der Waals surface area contributed by atoms with E-state index in [0.29, 0.717) is 6.10 Å². The van der Waals surface area contributed by atoms with Crippen molar-refractivity contribution in [3.63, 3.8) is 0 Å². The monoisotopic (exact) mass is 145 g/mol. The first-order valence-electron chi connectivity index (χ1n) is 3.93. The SMILES string of the molecule is [3H][B]SO[C@H]1CC[C@H](C)C1. The average Bonchev–Trinajstić information content (AvgIpc) is 2.31. The Morgan fingerprint density at radius 2 is 2.67 bits per heavy atom. The van der Waals surface area contributed by atoms with Gasteiger partial charge in [0.2, 0.25) is 7.09 Å². The number of hydrogen-bond acceptors (Lipinski definition) is 2. The lowest BCUT2D eigenvalue weighted by molar-refractivity contribution is 0.249. The van der Waals surface area contributed by atoms with Crippen molar-refractivity contribution < 1.29 is 4.18 Å². The van der Waals surface area contributed by atoms with E-state index < -0.39 is 0 Å². The summed E-state index contributed by atoms with van der Waals surface area (Å²) >= 11 is 1.15. The Labute approximate surface area is 63.4 Å². The van der Waals surface area contributed by atoms with Crippen molar-refractivity contribution >= 4 is 19.0 Å². The first-order valence-corrected chi connectivity index (χ1v) is 4.15. The fourth-order valence-corrected chi connectivity index (χ4v) is 1.65. The van der Waals surface area contributed by atoms with Crippen LogP contribution in [0.3, 0.4) is 0 Å². The van der Waals surface area contributed by atoms with Crippen molar-refractivity contribution in [3.8, 4) is 0 Å². The summed E-state index contributed by atoms with van der Waals surface area (Å²) in [4.78, 5) is 0. The zero-order chi connectivity index (χ0) is 7.40. The molecule has 0 saturated heterocycles. The van der Waals surface area contributed by atoms with E-state index in [1.165, 1.54) is 26.4 Å². The summed E-state index contributed by atoms with van der Waals surface area (Å²) in [5.41, 5.74) is 0. The minimum atomic E-state index is 0.404. The van der Waals surface area contributed by atoms with Gasteiger partial charge in [0, 0.05) is 0 Å². The molecule has 1 rings (SSSR count). The zero-order valence-corrected chi connectivity index (χ0v) is 6.49. The third-order valence-corrected chi connectivity index (χ3v) is 2.22. The van der Waals surface area contributed by atoms with E-state index in [4.69, 9.17) is 5.52 Å². The molecular weight excluding hydrogens is 131 g/mol. The van der Waals surface area contributed by atoms with Crippen LogP contribution in [0.25, 0.3) is 0 Å². The highest BCUT2D eigenvalue weighted by Crippen LogP contribution is 2.28. The topological polar surface area (TPSA) is 9.23 Å². The van der Waals surface area contributed by atoms with Crippen LogP contribution in [0.15, 0.2) is 0 Å². The second-order valence-corrected chi connectivity index (χ2v) is 3.12. The molecule has 0 unspecified atom stereocenters. The molecule has 0 bridgehead atoms. The van der Waals surface area contributed by atoms with Crippen LogP contribution in [-0.2, 0) is 4.18 Å². The van der Waals surface area contributed by atoms with E-state index in [0.717, 1.165) is 17.8 Å². The van der Waals surface area contributed by atoms with Crippen LogP contribution in [0.5, 0.6) is 0 Å². The molecule has 0 aromatic carbocycles.